The van der Waals surface area contributed by atoms with Crippen LogP contribution in [0.1, 0.15) is 44.4 Å². The van der Waals surface area contributed by atoms with E-state index < -0.39 is 0 Å². The number of anilines is 1. The zero-order chi connectivity index (χ0) is 29.4. The van der Waals surface area contributed by atoms with Crippen LogP contribution in [-0.4, -0.2) is 46.7 Å². The minimum absolute atomic E-state index is 0.0436. The molecule has 0 spiro atoms. The Balaban J connectivity index is 1.37. The number of thioether (sulfide) groups is 1. The molecule has 6 rings (SSSR count). The molecule has 4 aromatic rings. The number of H-pyrrole nitrogens is 1. The Kier molecular flexibility index (Phi) is 7.45. The Bertz CT molecular complexity index is 1750. The van der Waals surface area contributed by atoms with Crippen LogP contribution in [0.15, 0.2) is 88.9 Å². The molecule has 0 radical (unpaired) electrons. The third kappa shape index (κ3) is 5.13. The number of hydrogen-bond acceptors (Lipinski definition) is 5. The van der Waals surface area contributed by atoms with Crippen molar-refractivity contribution in [2.24, 2.45) is 4.99 Å². The highest BCUT2D eigenvalue weighted by atomic mass is 32.2. The number of ether oxygens (including phenoxy) is 1. The van der Waals surface area contributed by atoms with Crippen molar-refractivity contribution in [1.82, 2.24) is 9.88 Å². The first-order valence-electron chi connectivity index (χ1n) is 14.4. The molecule has 1 amide bonds. The number of allylic oxidation sites excluding steroid dienone is 1. The minimum atomic E-state index is -0.0950. The molecule has 0 saturated carbocycles. The number of amides is 1. The Morgan fingerprint density at radius 3 is 2.60 bits per heavy atom. The summed E-state index contributed by atoms with van der Waals surface area (Å²) in [6.45, 7) is 10.2. The summed E-state index contributed by atoms with van der Waals surface area (Å²) >= 11 is 1.42. The number of carbonyl (C=O) groups excluding carboxylic acids is 1. The molecule has 0 unspecified atom stereocenters. The van der Waals surface area contributed by atoms with Crippen LogP contribution < -0.4 is 9.64 Å². The molecule has 1 aromatic heterocycles. The number of amidine groups is 1. The van der Waals surface area contributed by atoms with E-state index in [-0.39, 0.29) is 11.4 Å². The van der Waals surface area contributed by atoms with E-state index in [9.17, 15) is 4.79 Å². The van der Waals surface area contributed by atoms with Crippen molar-refractivity contribution in [1.29, 1.82) is 0 Å². The number of aromatic amines is 1. The van der Waals surface area contributed by atoms with Crippen molar-refractivity contribution >= 4 is 56.8 Å². The fourth-order valence-corrected chi connectivity index (χ4v) is 7.12. The van der Waals surface area contributed by atoms with Crippen molar-refractivity contribution < 1.29 is 9.53 Å². The number of methoxy groups -OCH3 is 1. The Morgan fingerprint density at radius 1 is 1.07 bits per heavy atom. The number of benzene rings is 3. The van der Waals surface area contributed by atoms with Gasteiger partial charge in [-0.05, 0) is 87.4 Å². The highest BCUT2D eigenvalue weighted by Crippen LogP contribution is 2.43. The van der Waals surface area contributed by atoms with Crippen LogP contribution in [0.2, 0.25) is 0 Å². The lowest BCUT2D eigenvalue weighted by molar-refractivity contribution is -0.122. The molecule has 214 valence electrons. The number of likely N-dealkylation sites (N-methyl/N-ethyl adjacent to an activating group) is 1. The maximum Gasteiger partial charge on any atom is 0.266 e. The molecular formula is C35H36N4O2S. The highest BCUT2D eigenvalue weighted by molar-refractivity contribution is 8.18. The highest BCUT2D eigenvalue weighted by Gasteiger charge is 2.35. The number of carbonyl (C=O) groups is 1. The molecule has 0 aliphatic carbocycles. The number of fused-ring (bicyclic) bond motifs is 2. The van der Waals surface area contributed by atoms with Gasteiger partial charge in [-0.1, -0.05) is 42.5 Å². The van der Waals surface area contributed by atoms with E-state index in [2.05, 4.69) is 67.9 Å². The zero-order valence-corrected chi connectivity index (χ0v) is 25.6. The van der Waals surface area contributed by atoms with Crippen LogP contribution in [-0.2, 0) is 11.2 Å². The molecular weight excluding hydrogens is 540 g/mol. The van der Waals surface area contributed by atoms with Gasteiger partial charge in [0.1, 0.15) is 5.75 Å². The van der Waals surface area contributed by atoms with Crippen LogP contribution in [0.3, 0.4) is 0 Å². The second-order valence-electron chi connectivity index (χ2n) is 11.2. The lowest BCUT2D eigenvalue weighted by Crippen LogP contribution is -2.44. The quantitative estimate of drug-likeness (QED) is 0.226. The average Bonchev–Trinajstić information content (AvgIpc) is 3.52. The maximum absolute atomic E-state index is 14.0. The molecule has 7 heteroatoms. The Morgan fingerprint density at radius 2 is 1.83 bits per heavy atom. The molecule has 0 atom stereocenters. The first-order chi connectivity index (χ1) is 20.3. The molecule has 3 aromatic carbocycles. The third-order valence-electron chi connectivity index (χ3n) is 8.08. The van der Waals surface area contributed by atoms with Gasteiger partial charge in [0.2, 0.25) is 0 Å². The molecule has 2 aliphatic rings. The predicted octanol–water partition coefficient (Wildman–Crippen LogP) is 8.05. The molecule has 0 bridgehead atoms. The third-order valence-corrected chi connectivity index (χ3v) is 9.09. The number of nitrogens with zero attached hydrogens (tertiary/aromatic N) is 3. The SMILES string of the molecule is CCN1c2cc(OC)c(/C=C3/SC(=Nc4ccccc4)N(CCc4c[nH]c5ccccc45)C3=O)cc2C(C)=CC1(C)C. The summed E-state index contributed by atoms with van der Waals surface area (Å²) in [4.78, 5) is 27.0. The van der Waals surface area contributed by atoms with Gasteiger partial charge in [0.15, 0.2) is 5.17 Å². The van der Waals surface area contributed by atoms with E-state index in [4.69, 9.17) is 9.73 Å². The normalized spacial score (nSPS) is 18.2. The maximum atomic E-state index is 14.0. The van der Waals surface area contributed by atoms with Crippen LogP contribution in [0, 0.1) is 0 Å². The van der Waals surface area contributed by atoms with E-state index >= 15 is 0 Å². The fourth-order valence-electron chi connectivity index (χ4n) is 6.10. The second kappa shape index (κ2) is 11.2. The van der Waals surface area contributed by atoms with Gasteiger partial charge in [-0.15, -0.1) is 0 Å². The molecule has 1 fully saturated rings. The van der Waals surface area contributed by atoms with Gasteiger partial charge in [-0.3, -0.25) is 9.69 Å². The van der Waals surface area contributed by atoms with Crippen molar-refractivity contribution in [3.05, 3.63) is 101 Å². The standard InChI is InChI=1S/C35H36N4O2S/c1-6-39-30-20-31(41-5)25(18-28(30)23(2)21-35(39,3)4)19-32-33(40)38(34(42-32)37-26-12-8-7-9-13-26)17-16-24-22-36-29-15-11-10-14-27(24)29/h7-15,18-22,36H,6,16-17H2,1-5H3/b32-19+,37-34?. The van der Waals surface area contributed by atoms with E-state index in [1.807, 2.05) is 59.6 Å². The second-order valence-corrected chi connectivity index (χ2v) is 12.3. The lowest BCUT2D eigenvalue weighted by atomic mass is 9.87. The van der Waals surface area contributed by atoms with Crippen molar-refractivity contribution in [2.75, 3.05) is 25.1 Å². The molecule has 42 heavy (non-hydrogen) atoms. The van der Waals surface area contributed by atoms with E-state index in [1.165, 1.54) is 28.3 Å². The number of nitrogens with one attached hydrogen (secondary N) is 1. The van der Waals surface area contributed by atoms with Crippen molar-refractivity contribution in [3.63, 3.8) is 0 Å². The monoisotopic (exact) mass is 576 g/mol. The van der Waals surface area contributed by atoms with Gasteiger partial charge >= 0.3 is 0 Å². The molecule has 3 heterocycles. The van der Waals surface area contributed by atoms with Crippen LogP contribution in [0.5, 0.6) is 5.75 Å². The van der Waals surface area contributed by atoms with Gasteiger partial charge in [-0.25, -0.2) is 4.99 Å². The van der Waals surface area contributed by atoms with Gasteiger partial charge in [0.25, 0.3) is 5.91 Å². The van der Waals surface area contributed by atoms with Crippen LogP contribution >= 0.6 is 11.8 Å². The fraction of sp³-hybridized carbons (Fsp3) is 0.257. The zero-order valence-electron chi connectivity index (χ0n) is 24.8. The molecule has 6 nitrogen and oxygen atoms in total. The number of hydrogen-bond donors (Lipinski definition) is 1. The smallest absolute Gasteiger partial charge is 0.266 e. The summed E-state index contributed by atoms with van der Waals surface area (Å²) in [7, 11) is 1.69. The van der Waals surface area contributed by atoms with Crippen LogP contribution in [0.25, 0.3) is 22.6 Å². The number of aliphatic imine (C=N–C) groups is 1. The summed E-state index contributed by atoms with van der Waals surface area (Å²) in [6, 6.07) is 22.3. The van der Waals surface area contributed by atoms with Crippen molar-refractivity contribution in [3.8, 4) is 5.75 Å². The summed E-state index contributed by atoms with van der Waals surface area (Å²) in [5, 5.41) is 1.87. The summed E-state index contributed by atoms with van der Waals surface area (Å²) in [5.41, 5.74) is 7.42. The Hall–Kier alpha value is -4.23. The van der Waals surface area contributed by atoms with Gasteiger partial charge in [-0.2, -0.15) is 0 Å². The van der Waals surface area contributed by atoms with Gasteiger partial charge in [0.05, 0.1) is 23.2 Å². The first-order valence-corrected chi connectivity index (χ1v) is 15.2. The Labute approximate surface area is 251 Å². The summed E-state index contributed by atoms with van der Waals surface area (Å²) in [6.07, 6.45) is 7.03. The molecule has 2 aliphatic heterocycles. The summed E-state index contributed by atoms with van der Waals surface area (Å²) in [5.74, 6) is 0.704. The molecule has 1 N–H and O–H groups in total. The average molecular weight is 577 g/mol. The lowest BCUT2D eigenvalue weighted by Gasteiger charge is -2.43. The number of rotatable bonds is 7. The number of aromatic nitrogens is 1. The predicted molar refractivity (Wildman–Crippen MR) is 177 cm³/mol. The van der Waals surface area contributed by atoms with E-state index in [1.54, 1.807) is 7.11 Å². The van der Waals surface area contributed by atoms with Gasteiger partial charge in [0, 0.05) is 53.1 Å². The topological polar surface area (TPSA) is 60.9 Å². The van der Waals surface area contributed by atoms with E-state index in [0.29, 0.717) is 23.0 Å². The van der Waals surface area contributed by atoms with Crippen LogP contribution in [0.4, 0.5) is 11.4 Å². The number of para-hydroxylation sites is 2. The van der Waals surface area contributed by atoms with E-state index in [0.717, 1.165) is 40.3 Å². The first kappa shape index (κ1) is 27.9. The minimum Gasteiger partial charge on any atom is -0.496 e. The largest absolute Gasteiger partial charge is 0.496 e. The van der Waals surface area contributed by atoms with Crippen molar-refractivity contribution in [2.45, 2.75) is 39.7 Å². The van der Waals surface area contributed by atoms with Gasteiger partial charge < -0.3 is 14.6 Å². The molecule has 1 saturated heterocycles. The summed E-state index contributed by atoms with van der Waals surface area (Å²) < 4.78 is 5.88.